The predicted molar refractivity (Wildman–Crippen MR) is 107 cm³/mol. The van der Waals surface area contributed by atoms with Crippen molar-refractivity contribution in [2.24, 2.45) is 0 Å². The SMILES string of the molecule is CO[C@H]1C(C(=O)O)O[C@@H](O[C@H]2C(COS(=O)(=O)O)O[C@@H](O)C(NS(=O)(=O)O)[C@@H]2O)C(OS(=O)(=O)O)[C@@H]1O. The summed E-state index contributed by atoms with van der Waals surface area (Å²) in [5, 5.41) is 40.5. The van der Waals surface area contributed by atoms with E-state index in [1.54, 1.807) is 0 Å². The van der Waals surface area contributed by atoms with Crippen molar-refractivity contribution in [3.05, 3.63) is 0 Å². The van der Waals surface area contributed by atoms with Gasteiger partial charge < -0.3 is 39.4 Å². The molecule has 0 radical (unpaired) electrons. The van der Waals surface area contributed by atoms with Gasteiger partial charge in [0, 0.05) is 7.11 Å². The van der Waals surface area contributed by atoms with Gasteiger partial charge in [0.15, 0.2) is 24.8 Å². The molecule has 0 aromatic rings. The zero-order valence-corrected chi connectivity index (χ0v) is 20.6. The Morgan fingerprint density at radius 1 is 0.892 bits per heavy atom. The van der Waals surface area contributed by atoms with Gasteiger partial charge in [-0.05, 0) is 0 Å². The molecule has 37 heavy (non-hydrogen) atoms. The van der Waals surface area contributed by atoms with Crippen LogP contribution in [-0.2, 0) is 63.2 Å². The predicted octanol–water partition coefficient (Wildman–Crippen LogP) is -5.60. The van der Waals surface area contributed by atoms with E-state index in [2.05, 4.69) is 8.37 Å². The van der Waals surface area contributed by atoms with Gasteiger partial charge in [0.05, 0.1) is 6.61 Å². The van der Waals surface area contributed by atoms with E-state index in [9.17, 15) is 50.5 Å². The molecule has 4 unspecified atom stereocenters. The molecule has 0 aromatic carbocycles. The van der Waals surface area contributed by atoms with Gasteiger partial charge in [-0.1, -0.05) is 0 Å². The van der Waals surface area contributed by atoms with Gasteiger partial charge in [0.1, 0.15) is 36.6 Å². The minimum atomic E-state index is -5.42. The summed E-state index contributed by atoms with van der Waals surface area (Å²) in [5.74, 6) is -1.79. The van der Waals surface area contributed by atoms with Gasteiger partial charge >= 0.3 is 37.1 Å². The quantitative estimate of drug-likeness (QED) is 0.101. The summed E-state index contributed by atoms with van der Waals surface area (Å²) in [7, 11) is -14.9. The number of carbonyl (C=O) groups is 1. The van der Waals surface area contributed by atoms with Crippen molar-refractivity contribution in [1.29, 1.82) is 0 Å². The molecule has 2 saturated heterocycles. The fourth-order valence-electron chi connectivity index (χ4n) is 3.48. The van der Waals surface area contributed by atoms with Gasteiger partial charge in [0.25, 0.3) is 0 Å². The topological polar surface area (TPSA) is 329 Å². The van der Waals surface area contributed by atoms with Gasteiger partial charge in [-0.2, -0.15) is 30.0 Å². The molecule has 21 nitrogen and oxygen atoms in total. The molecule has 0 amide bonds. The minimum Gasteiger partial charge on any atom is -0.479 e. The van der Waals surface area contributed by atoms with Crippen LogP contribution in [0.25, 0.3) is 0 Å². The van der Waals surface area contributed by atoms with Crippen molar-refractivity contribution < 1.29 is 91.4 Å². The van der Waals surface area contributed by atoms with Crippen LogP contribution in [0.2, 0.25) is 0 Å². The van der Waals surface area contributed by atoms with Crippen LogP contribution in [0.4, 0.5) is 0 Å². The number of hydrogen-bond acceptors (Lipinski definition) is 16. The molecule has 10 atom stereocenters. The third kappa shape index (κ3) is 8.92. The zero-order chi connectivity index (χ0) is 28.5. The normalized spacial score (nSPS) is 37.8. The van der Waals surface area contributed by atoms with Crippen LogP contribution in [-0.4, -0.2) is 140 Å². The third-order valence-corrected chi connectivity index (χ3v) is 6.39. The van der Waals surface area contributed by atoms with Crippen molar-refractivity contribution >= 4 is 37.1 Å². The highest BCUT2D eigenvalue weighted by atomic mass is 32.3. The largest absolute Gasteiger partial charge is 0.479 e. The molecule has 0 saturated carbocycles. The zero-order valence-electron chi connectivity index (χ0n) is 18.1. The van der Waals surface area contributed by atoms with Crippen LogP contribution in [0.3, 0.4) is 0 Å². The van der Waals surface area contributed by atoms with E-state index in [-0.39, 0.29) is 0 Å². The second-order valence-electron chi connectivity index (χ2n) is 7.43. The van der Waals surface area contributed by atoms with E-state index in [0.29, 0.717) is 0 Å². The number of ether oxygens (including phenoxy) is 4. The Morgan fingerprint density at radius 3 is 1.95 bits per heavy atom. The molecule has 218 valence electrons. The van der Waals surface area contributed by atoms with Crippen molar-refractivity contribution in [3.8, 4) is 0 Å². The minimum absolute atomic E-state index is 0.896. The first-order chi connectivity index (χ1) is 16.7. The monoisotopic (exact) mass is 609 g/mol. The van der Waals surface area contributed by atoms with Crippen LogP contribution in [0, 0.1) is 0 Å². The first kappa shape index (κ1) is 32.0. The van der Waals surface area contributed by atoms with Crippen LogP contribution < -0.4 is 4.72 Å². The van der Waals surface area contributed by atoms with E-state index in [1.807, 2.05) is 0 Å². The highest BCUT2D eigenvalue weighted by molar-refractivity contribution is 7.83. The Bertz CT molecular complexity index is 1120. The number of carboxylic acids is 1. The number of nitrogens with one attached hydrogen (secondary N) is 1. The number of aliphatic hydroxyl groups excluding tert-OH is 3. The lowest BCUT2D eigenvalue weighted by atomic mass is 9.96. The number of aliphatic carboxylic acids is 1. The Hall–Kier alpha value is -1.20. The average molecular weight is 610 g/mol. The smallest absolute Gasteiger partial charge is 0.397 e. The average Bonchev–Trinajstić information content (AvgIpc) is 2.71. The number of methoxy groups -OCH3 is 1. The summed E-state index contributed by atoms with van der Waals surface area (Å²) in [4.78, 5) is 11.6. The van der Waals surface area contributed by atoms with Gasteiger partial charge in [-0.15, -0.1) is 0 Å². The van der Waals surface area contributed by atoms with Crippen molar-refractivity contribution in [1.82, 2.24) is 4.72 Å². The number of rotatable bonds is 11. The number of carboxylic acid groups (broad SMARTS) is 1. The van der Waals surface area contributed by atoms with Crippen molar-refractivity contribution in [2.45, 2.75) is 61.3 Å². The van der Waals surface area contributed by atoms with Gasteiger partial charge in [-0.25, -0.2) is 13.2 Å². The van der Waals surface area contributed by atoms with Crippen molar-refractivity contribution in [3.63, 3.8) is 0 Å². The molecule has 8 N–H and O–H groups in total. The lowest BCUT2D eigenvalue weighted by Gasteiger charge is -2.46. The van der Waals surface area contributed by atoms with Gasteiger partial charge in [-0.3, -0.25) is 13.7 Å². The molecule has 2 aliphatic rings. The molecule has 2 rings (SSSR count). The molecule has 0 spiro atoms. The molecule has 0 aromatic heterocycles. The molecule has 0 bridgehead atoms. The second kappa shape index (κ2) is 11.9. The van der Waals surface area contributed by atoms with E-state index >= 15 is 0 Å². The molecular weight excluding hydrogens is 586 g/mol. The molecule has 2 aliphatic heterocycles. The number of aliphatic hydroxyl groups is 3. The summed E-state index contributed by atoms with van der Waals surface area (Å²) in [5.41, 5.74) is 0. The second-order valence-corrected chi connectivity index (χ2v) is 10.8. The van der Waals surface area contributed by atoms with E-state index in [0.717, 1.165) is 7.11 Å². The molecule has 2 fully saturated rings. The maximum Gasteiger partial charge on any atom is 0.397 e. The van der Waals surface area contributed by atoms with Crippen LogP contribution in [0.1, 0.15) is 0 Å². The summed E-state index contributed by atoms with van der Waals surface area (Å²) >= 11 is 0. The van der Waals surface area contributed by atoms with Gasteiger partial charge in [0.2, 0.25) is 0 Å². The summed E-state index contributed by atoms with van der Waals surface area (Å²) < 4.78 is 124. The Balaban J connectivity index is 2.49. The number of hydrogen-bond donors (Lipinski definition) is 8. The lowest BCUT2D eigenvalue weighted by molar-refractivity contribution is -0.337. The maximum atomic E-state index is 11.6. The summed E-state index contributed by atoms with van der Waals surface area (Å²) in [6, 6.07) is -2.17. The standard InChI is InChI=1S/C13H23NO20S3/c1-29-8-6(16)9(34-37(26,27)28)13(33-10(8)11(17)18)32-7-3(2-30-36(23,24)25)31-12(19)4(5(7)15)14-35(20,21)22/h3-10,12-16,19H,2H2,1H3,(H,17,18)(H,20,21,22)(H,23,24,25)(H,26,27,28)/t3?,4?,5-,6+,7-,8+,9?,10?,12+,13+/m0/s1. The fraction of sp³-hybridized carbons (Fsp3) is 0.923. The van der Waals surface area contributed by atoms with Crippen LogP contribution >= 0.6 is 0 Å². The van der Waals surface area contributed by atoms with E-state index < -0.39 is 105 Å². The summed E-state index contributed by atoms with van der Waals surface area (Å²) in [6.07, 6.45) is -19.8. The first-order valence-electron chi connectivity index (χ1n) is 9.52. The third-order valence-electron chi connectivity index (χ3n) is 4.92. The Morgan fingerprint density at radius 2 is 1.49 bits per heavy atom. The lowest BCUT2D eigenvalue weighted by Crippen LogP contribution is -2.68. The Labute approximate surface area is 208 Å². The van der Waals surface area contributed by atoms with E-state index in [1.165, 1.54) is 4.72 Å². The van der Waals surface area contributed by atoms with E-state index in [4.69, 9.17) is 32.6 Å². The molecule has 24 heteroatoms. The summed E-state index contributed by atoms with van der Waals surface area (Å²) in [6.45, 7) is -1.27. The molecule has 2 heterocycles. The fourth-order valence-corrected chi connectivity index (χ4v) is 4.88. The highest BCUT2D eigenvalue weighted by Crippen LogP contribution is 2.32. The Kier molecular flexibility index (Phi) is 10.3. The molecule has 0 aliphatic carbocycles. The van der Waals surface area contributed by atoms with Crippen LogP contribution in [0.15, 0.2) is 0 Å². The van der Waals surface area contributed by atoms with Crippen LogP contribution in [0.5, 0.6) is 0 Å². The highest BCUT2D eigenvalue weighted by Gasteiger charge is 2.55. The molecular formula is C13H23NO20S3. The van der Waals surface area contributed by atoms with Crippen molar-refractivity contribution in [2.75, 3.05) is 13.7 Å². The maximum absolute atomic E-state index is 11.6. The first-order valence-corrected chi connectivity index (χ1v) is 13.7.